The van der Waals surface area contributed by atoms with Crippen LogP contribution in [0.4, 0.5) is 5.95 Å². The second-order valence-corrected chi connectivity index (χ2v) is 7.00. The van der Waals surface area contributed by atoms with E-state index < -0.39 is 0 Å². The van der Waals surface area contributed by atoms with Gasteiger partial charge in [-0.2, -0.15) is 4.68 Å². The Morgan fingerprint density at radius 1 is 0.963 bits per heavy atom. The van der Waals surface area contributed by atoms with Crippen LogP contribution < -0.4 is 4.90 Å². The van der Waals surface area contributed by atoms with Gasteiger partial charge in [0.05, 0.1) is 11.4 Å². The van der Waals surface area contributed by atoms with Gasteiger partial charge in [0, 0.05) is 30.9 Å². The first-order valence-electron chi connectivity index (χ1n) is 9.33. The molecule has 1 aliphatic rings. The number of aryl methyl sites for hydroxylation is 1. The third kappa shape index (κ3) is 2.75. The number of pyridine rings is 1. The SMILES string of the molecule is Cc1c(C2CCN(c3nnnn3-c3ccccc3)CC2)nc2ccccn12. The summed E-state index contributed by atoms with van der Waals surface area (Å²) in [4.78, 5) is 7.16. The quantitative estimate of drug-likeness (QED) is 0.563. The molecule has 27 heavy (non-hydrogen) atoms. The summed E-state index contributed by atoms with van der Waals surface area (Å²) in [5.41, 5.74) is 4.48. The number of piperidine rings is 1. The van der Waals surface area contributed by atoms with E-state index in [1.54, 1.807) is 0 Å². The van der Waals surface area contributed by atoms with Gasteiger partial charge in [-0.25, -0.2) is 4.98 Å². The van der Waals surface area contributed by atoms with E-state index in [0.717, 1.165) is 43.2 Å². The van der Waals surface area contributed by atoms with E-state index in [4.69, 9.17) is 4.98 Å². The standard InChI is InChI=1S/C20H21N7/c1-15-19(21-18-9-5-6-12-26(15)18)16-10-13-25(14-11-16)20-22-23-24-27(20)17-7-3-2-4-8-17/h2-9,12,16H,10-11,13-14H2,1H3. The van der Waals surface area contributed by atoms with Crippen LogP contribution in [-0.4, -0.2) is 42.7 Å². The lowest BCUT2D eigenvalue weighted by molar-refractivity contribution is 0.488. The Kier molecular flexibility index (Phi) is 3.85. The van der Waals surface area contributed by atoms with Crippen molar-refractivity contribution < 1.29 is 0 Å². The molecule has 136 valence electrons. The normalized spacial score (nSPS) is 15.5. The minimum absolute atomic E-state index is 0.474. The van der Waals surface area contributed by atoms with Crippen molar-refractivity contribution in [1.29, 1.82) is 0 Å². The number of fused-ring (bicyclic) bond motifs is 1. The third-order valence-corrected chi connectivity index (χ3v) is 5.42. The molecule has 7 heteroatoms. The van der Waals surface area contributed by atoms with Crippen molar-refractivity contribution in [3.63, 3.8) is 0 Å². The molecule has 4 aromatic rings. The summed E-state index contributed by atoms with van der Waals surface area (Å²) in [6, 6.07) is 16.2. The molecule has 0 bridgehead atoms. The fraction of sp³-hybridized carbons (Fsp3) is 0.300. The van der Waals surface area contributed by atoms with Crippen LogP contribution in [0, 0.1) is 6.92 Å². The Labute approximate surface area is 157 Å². The molecule has 1 fully saturated rings. The van der Waals surface area contributed by atoms with Gasteiger partial charge in [0.1, 0.15) is 5.65 Å². The van der Waals surface area contributed by atoms with Crippen molar-refractivity contribution >= 4 is 11.6 Å². The zero-order valence-electron chi connectivity index (χ0n) is 15.2. The van der Waals surface area contributed by atoms with Crippen molar-refractivity contribution in [3.8, 4) is 5.69 Å². The number of anilines is 1. The van der Waals surface area contributed by atoms with Gasteiger partial charge < -0.3 is 9.30 Å². The smallest absolute Gasteiger partial charge is 0.250 e. The van der Waals surface area contributed by atoms with Crippen molar-refractivity contribution in [2.45, 2.75) is 25.7 Å². The average molecular weight is 359 g/mol. The molecule has 1 aromatic carbocycles. The van der Waals surface area contributed by atoms with E-state index in [1.807, 2.05) is 41.1 Å². The number of imidazole rings is 1. The Morgan fingerprint density at radius 2 is 1.74 bits per heavy atom. The summed E-state index contributed by atoms with van der Waals surface area (Å²) in [6.45, 7) is 4.01. The van der Waals surface area contributed by atoms with Gasteiger partial charge in [-0.15, -0.1) is 0 Å². The molecule has 0 N–H and O–H groups in total. The van der Waals surface area contributed by atoms with E-state index in [0.29, 0.717) is 5.92 Å². The van der Waals surface area contributed by atoms with E-state index in [2.05, 4.69) is 50.1 Å². The van der Waals surface area contributed by atoms with E-state index >= 15 is 0 Å². The van der Waals surface area contributed by atoms with Crippen molar-refractivity contribution in [2.24, 2.45) is 0 Å². The first kappa shape index (κ1) is 16.0. The zero-order valence-corrected chi connectivity index (χ0v) is 15.2. The van der Waals surface area contributed by atoms with Crippen molar-refractivity contribution in [1.82, 2.24) is 29.6 Å². The summed E-state index contributed by atoms with van der Waals surface area (Å²) in [6.07, 6.45) is 4.18. The maximum absolute atomic E-state index is 4.89. The maximum Gasteiger partial charge on any atom is 0.250 e. The number of tetrazole rings is 1. The van der Waals surface area contributed by atoms with Gasteiger partial charge in [0.25, 0.3) is 0 Å². The first-order chi connectivity index (χ1) is 13.3. The number of aromatic nitrogens is 6. The highest BCUT2D eigenvalue weighted by molar-refractivity contribution is 5.45. The highest BCUT2D eigenvalue weighted by atomic mass is 15.6. The number of rotatable bonds is 3. The minimum atomic E-state index is 0.474. The lowest BCUT2D eigenvalue weighted by atomic mass is 9.92. The van der Waals surface area contributed by atoms with Crippen LogP contribution in [0.25, 0.3) is 11.3 Å². The lowest BCUT2D eigenvalue weighted by Crippen LogP contribution is -2.35. The topological polar surface area (TPSA) is 64.1 Å². The zero-order chi connectivity index (χ0) is 18.2. The summed E-state index contributed by atoms with van der Waals surface area (Å²) in [7, 11) is 0. The third-order valence-electron chi connectivity index (χ3n) is 5.42. The maximum atomic E-state index is 4.89. The minimum Gasteiger partial charge on any atom is -0.339 e. The van der Waals surface area contributed by atoms with E-state index in [-0.39, 0.29) is 0 Å². The van der Waals surface area contributed by atoms with E-state index in [1.165, 1.54) is 11.4 Å². The average Bonchev–Trinajstić information content (AvgIpc) is 3.34. The molecule has 0 spiro atoms. The van der Waals surface area contributed by atoms with Crippen LogP contribution in [0.5, 0.6) is 0 Å². The van der Waals surface area contributed by atoms with Gasteiger partial charge in [-0.3, -0.25) is 0 Å². The molecule has 4 heterocycles. The van der Waals surface area contributed by atoms with Crippen LogP contribution in [0.15, 0.2) is 54.7 Å². The number of benzene rings is 1. The molecule has 7 nitrogen and oxygen atoms in total. The highest BCUT2D eigenvalue weighted by Crippen LogP contribution is 2.31. The molecule has 3 aromatic heterocycles. The molecule has 0 aliphatic carbocycles. The van der Waals surface area contributed by atoms with Gasteiger partial charge >= 0.3 is 0 Å². The largest absolute Gasteiger partial charge is 0.339 e. The van der Waals surface area contributed by atoms with Crippen LogP contribution in [0.2, 0.25) is 0 Å². The molecular weight excluding hydrogens is 338 g/mol. The molecule has 5 rings (SSSR count). The van der Waals surface area contributed by atoms with Gasteiger partial charge in [0.2, 0.25) is 5.95 Å². The fourth-order valence-electron chi connectivity index (χ4n) is 3.99. The summed E-state index contributed by atoms with van der Waals surface area (Å²) in [5.74, 6) is 1.29. The number of hydrogen-bond acceptors (Lipinski definition) is 5. The molecule has 0 radical (unpaired) electrons. The molecule has 0 unspecified atom stereocenters. The van der Waals surface area contributed by atoms with Gasteiger partial charge in [-0.05, 0) is 54.5 Å². The lowest BCUT2D eigenvalue weighted by Gasteiger charge is -2.31. The second-order valence-electron chi connectivity index (χ2n) is 7.00. The summed E-state index contributed by atoms with van der Waals surface area (Å²) >= 11 is 0. The Bertz CT molecular complexity index is 1060. The van der Waals surface area contributed by atoms with Crippen LogP contribution in [0.1, 0.15) is 30.1 Å². The summed E-state index contributed by atoms with van der Waals surface area (Å²) in [5, 5.41) is 12.4. The highest BCUT2D eigenvalue weighted by Gasteiger charge is 2.27. The van der Waals surface area contributed by atoms with Crippen molar-refractivity contribution in [3.05, 3.63) is 66.1 Å². The van der Waals surface area contributed by atoms with Gasteiger partial charge in [-0.1, -0.05) is 29.4 Å². The Morgan fingerprint density at radius 3 is 2.52 bits per heavy atom. The molecule has 0 saturated carbocycles. The van der Waals surface area contributed by atoms with Crippen molar-refractivity contribution in [2.75, 3.05) is 18.0 Å². The first-order valence-corrected chi connectivity index (χ1v) is 9.33. The molecular formula is C20H21N7. The molecule has 0 atom stereocenters. The number of para-hydroxylation sites is 1. The van der Waals surface area contributed by atoms with Crippen LogP contribution >= 0.6 is 0 Å². The summed E-state index contributed by atoms with van der Waals surface area (Å²) < 4.78 is 3.99. The molecule has 0 amide bonds. The van der Waals surface area contributed by atoms with Crippen LogP contribution in [0.3, 0.4) is 0 Å². The Balaban J connectivity index is 1.37. The molecule has 1 aliphatic heterocycles. The van der Waals surface area contributed by atoms with Crippen LogP contribution in [-0.2, 0) is 0 Å². The number of hydrogen-bond donors (Lipinski definition) is 0. The predicted molar refractivity (Wildman–Crippen MR) is 103 cm³/mol. The number of nitrogens with zero attached hydrogens (tertiary/aromatic N) is 7. The van der Waals surface area contributed by atoms with Gasteiger partial charge in [0.15, 0.2) is 0 Å². The molecule has 1 saturated heterocycles. The monoisotopic (exact) mass is 359 g/mol. The second kappa shape index (κ2) is 6.50. The predicted octanol–water partition coefficient (Wildman–Crippen LogP) is 3.00. The Hall–Kier alpha value is -3.22. The van der Waals surface area contributed by atoms with E-state index in [9.17, 15) is 0 Å². The fourth-order valence-corrected chi connectivity index (χ4v) is 3.99.